The Kier molecular flexibility index (Phi) is 104. The van der Waals surface area contributed by atoms with Gasteiger partial charge in [0.05, 0.1) is 6.19 Å². The minimum atomic E-state index is 0. The van der Waals surface area contributed by atoms with Crippen molar-refractivity contribution in [2.75, 3.05) is 0 Å². The number of phenols is 1. The second kappa shape index (κ2) is 65.1. The van der Waals surface area contributed by atoms with E-state index < -0.39 is 0 Å². The molecule has 3 radical (unpaired) electrons. The standard InChI is InChI=1S/C9H10O.C6H6O.C6H5.4C2H6.CHBO.2CH3.W.Y/c1-2-9(10)8-6-4-3-5-7-8;7-6-4-2-1-3-5-6;1-2-4-6-5-3-1;4*1-2;2-1-3;;;;/h3-7H,2H2,1H3;1-5,7H;1-5H;4*1-2H3;1H;2*1H3;;/q;;-1;;;;;;2*-1;;. The van der Waals surface area contributed by atoms with Crippen molar-refractivity contribution < 1.29 is 68.5 Å². The number of hydrogen-bond acceptors (Lipinski definition) is 3. The van der Waals surface area contributed by atoms with Gasteiger partial charge in [0.15, 0.2) is 13.6 Å². The summed E-state index contributed by atoms with van der Waals surface area (Å²) in [7, 11) is 4.17. The van der Waals surface area contributed by atoms with E-state index in [9.17, 15) is 4.79 Å². The van der Waals surface area contributed by atoms with Gasteiger partial charge in [0.25, 0.3) is 0 Å². The van der Waals surface area contributed by atoms with Gasteiger partial charge in [-0.1, -0.05) is 111 Å². The van der Waals surface area contributed by atoms with E-state index in [1.54, 1.807) is 24.3 Å². The van der Waals surface area contributed by atoms with Crippen LogP contribution in [0.2, 0.25) is 0 Å². The van der Waals surface area contributed by atoms with Gasteiger partial charge in [0.1, 0.15) is 5.75 Å². The van der Waals surface area contributed by atoms with Crippen molar-refractivity contribution in [1.29, 1.82) is 0 Å². The van der Waals surface area contributed by atoms with E-state index in [1.165, 1.54) is 0 Å². The molecule has 0 bridgehead atoms. The Hall–Kier alpha value is -1.34. The summed E-state index contributed by atoms with van der Waals surface area (Å²) in [6.07, 6.45) is 0.837. The number of carbonyl (C=O) groups excluding carboxylic acids is 2. The Bertz CT molecular complexity index is 675. The quantitative estimate of drug-likeness (QED) is 0.122. The third-order valence-corrected chi connectivity index (χ3v) is 2.78. The fraction of sp³-hybridized carbons (Fsp3) is 0.312. The summed E-state index contributed by atoms with van der Waals surface area (Å²) >= 11 is 0. The maximum absolute atomic E-state index is 11.0. The number of aromatic hydroxyl groups is 1. The molecule has 0 unspecified atom stereocenters. The van der Waals surface area contributed by atoms with Crippen LogP contribution in [0.1, 0.15) is 79.1 Å². The zero-order chi connectivity index (χ0) is 27.5. The van der Waals surface area contributed by atoms with Gasteiger partial charge in [-0.15, -0.1) is 0 Å². The largest absolute Gasteiger partial charge is 0.508 e. The second-order valence-electron chi connectivity index (χ2n) is 4.69. The van der Waals surface area contributed by atoms with E-state index in [2.05, 4.69) is 13.9 Å². The summed E-state index contributed by atoms with van der Waals surface area (Å²) in [5.41, 5.74) is 0.810. The molecule has 213 valence electrons. The van der Waals surface area contributed by atoms with Crippen LogP contribution < -0.4 is 0 Å². The molecule has 38 heavy (non-hydrogen) atoms. The molecule has 0 aliphatic rings. The zero-order valence-electron chi connectivity index (χ0n) is 25.8. The summed E-state index contributed by atoms with van der Waals surface area (Å²) in [4.78, 5) is 19.6. The number of para-hydroxylation sites is 1. The Labute approximate surface area is 278 Å². The average Bonchev–Trinajstić information content (AvgIpc) is 2.96. The number of hydrogen-bond donors (Lipinski definition) is 1. The first-order valence-corrected chi connectivity index (χ1v) is 12.0. The Balaban J connectivity index is -0.0000000389. The van der Waals surface area contributed by atoms with Crippen LogP contribution in [0, 0.1) is 20.9 Å². The molecule has 3 nitrogen and oxygen atoms in total. The molecule has 3 aromatic carbocycles. The molecule has 0 aromatic heterocycles. The SMILES string of the molecule is CC.CC.CC.CC.CCC(=O)c1ccccc1.Oc1ccccc1.[B]C=O.[CH3-].[CH3-].[W].[Y].[c-]1ccccc1. The summed E-state index contributed by atoms with van der Waals surface area (Å²) in [5, 5.41) is 8.63. The molecule has 0 heterocycles. The van der Waals surface area contributed by atoms with Crippen LogP contribution in [0.3, 0.4) is 0 Å². The number of rotatable bonds is 2. The van der Waals surface area contributed by atoms with Crippen molar-refractivity contribution in [2.24, 2.45) is 0 Å². The van der Waals surface area contributed by atoms with Crippen LogP contribution in [-0.2, 0) is 58.6 Å². The van der Waals surface area contributed by atoms with E-state index >= 15 is 0 Å². The molecule has 6 heteroatoms. The third kappa shape index (κ3) is 55.2. The first-order valence-electron chi connectivity index (χ1n) is 12.0. The van der Waals surface area contributed by atoms with Gasteiger partial charge in [-0.05, 0) is 12.1 Å². The summed E-state index contributed by atoms with van der Waals surface area (Å²) < 4.78 is 0. The van der Waals surface area contributed by atoms with Gasteiger partial charge in [-0.2, -0.15) is 36.4 Å². The summed E-state index contributed by atoms with van der Waals surface area (Å²) in [6, 6.07) is 30.6. The van der Waals surface area contributed by atoms with Crippen molar-refractivity contribution >= 4 is 19.8 Å². The van der Waals surface area contributed by atoms with Crippen molar-refractivity contribution in [3.63, 3.8) is 0 Å². The van der Waals surface area contributed by atoms with E-state index in [0.29, 0.717) is 12.2 Å². The van der Waals surface area contributed by atoms with Crippen LogP contribution in [0.25, 0.3) is 0 Å². The molecule has 0 fully saturated rings. The normalized spacial score (nSPS) is 6.24. The number of carbonyl (C=O) groups is 2. The average molecular weight is 768 g/mol. The Morgan fingerprint density at radius 1 is 0.737 bits per heavy atom. The molecule has 0 spiro atoms. The van der Waals surface area contributed by atoms with Crippen LogP contribution in [0.15, 0.2) is 91.0 Å². The topological polar surface area (TPSA) is 54.4 Å². The van der Waals surface area contributed by atoms with Crippen molar-refractivity contribution in [3.05, 3.63) is 117 Å². The minimum Gasteiger partial charge on any atom is -0.508 e. The van der Waals surface area contributed by atoms with Gasteiger partial charge in [-0.25, -0.2) is 0 Å². The smallest absolute Gasteiger partial charge is 0.162 e. The predicted molar refractivity (Wildman–Crippen MR) is 165 cm³/mol. The molecule has 3 aromatic rings. The molecular weight excluding hydrogens is 716 g/mol. The summed E-state index contributed by atoms with van der Waals surface area (Å²) in [5.74, 6) is 0.531. The zero-order valence-corrected chi connectivity index (χ0v) is 31.5. The maximum Gasteiger partial charge on any atom is 0.162 e. The molecular formula is C32H52BO3WY-3. The van der Waals surface area contributed by atoms with E-state index in [4.69, 9.17) is 9.90 Å². The maximum atomic E-state index is 11.0. The fourth-order valence-electron chi connectivity index (χ4n) is 1.60. The molecule has 0 aliphatic carbocycles. The van der Waals surface area contributed by atoms with Crippen molar-refractivity contribution in [1.82, 2.24) is 0 Å². The summed E-state index contributed by atoms with van der Waals surface area (Å²) in [6.45, 7) is 17.9. The molecule has 0 saturated heterocycles. The van der Waals surface area contributed by atoms with Crippen LogP contribution in [-0.4, -0.2) is 24.9 Å². The van der Waals surface area contributed by atoms with Crippen LogP contribution >= 0.6 is 0 Å². The molecule has 0 atom stereocenters. The van der Waals surface area contributed by atoms with Gasteiger partial charge in [0, 0.05) is 65.8 Å². The van der Waals surface area contributed by atoms with Gasteiger partial charge < -0.3 is 24.8 Å². The molecule has 0 aliphatic heterocycles. The van der Waals surface area contributed by atoms with Crippen LogP contribution in [0.4, 0.5) is 0 Å². The third-order valence-electron chi connectivity index (χ3n) is 2.78. The molecule has 1 N–H and O–H groups in total. The molecule has 3 rings (SSSR count). The number of ketones is 1. The first-order chi connectivity index (χ1) is 16.7. The monoisotopic (exact) mass is 768 g/mol. The van der Waals surface area contributed by atoms with Gasteiger partial charge in [0.2, 0.25) is 0 Å². The van der Waals surface area contributed by atoms with E-state index in [1.807, 2.05) is 129 Å². The number of benzene rings is 3. The second-order valence-corrected chi connectivity index (χ2v) is 4.69. The predicted octanol–water partition coefficient (Wildman–Crippen LogP) is 9.50. The molecule has 0 amide bonds. The Morgan fingerprint density at radius 3 is 1.21 bits per heavy atom. The number of Topliss-reactive ketones (excluding diaryl/α,β-unsaturated/α-hetero) is 1. The van der Waals surface area contributed by atoms with E-state index in [-0.39, 0.29) is 80.6 Å². The number of phenolic OH excluding ortho intramolecular Hbond substituents is 1. The first kappa shape index (κ1) is 60.9. The van der Waals surface area contributed by atoms with Crippen molar-refractivity contribution in [3.8, 4) is 5.75 Å². The van der Waals surface area contributed by atoms with Gasteiger partial charge >= 0.3 is 0 Å². The molecule has 0 saturated carbocycles. The van der Waals surface area contributed by atoms with Gasteiger partial charge in [-0.3, -0.25) is 4.79 Å². The fourth-order valence-corrected chi connectivity index (χ4v) is 1.60. The Morgan fingerprint density at radius 2 is 1.03 bits per heavy atom. The van der Waals surface area contributed by atoms with Crippen molar-refractivity contribution in [2.45, 2.75) is 68.7 Å². The van der Waals surface area contributed by atoms with E-state index in [0.717, 1.165) is 5.56 Å². The van der Waals surface area contributed by atoms with Crippen LogP contribution in [0.5, 0.6) is 5.75 Å². The minimum absolute atomic E-state index is 0.